The monoisotopic (exact) mass is 896 g/mol. The molecule has 0 fully saturated rings. The molecule has 0 amide bonds. The van der Waals surface area contributed by atoms with Crippen LogP contribution in [0.2, 0.25) is 0 Å². The van der Waals surface area contributed by atoms with E-state index >= 15 is 0 Å². The summed E-state index contributed by atoms with van der Waals surface area (Å²) < 4.78 is 17.2. The smallest absolute Gasteiger partial charge is 0.306 e. The first kappa shape index (κ1) is 60.8. The highest BCUT2D eigenvalue weighted by atomic mass is 16.6. The molecule has 0 heterocycles. The highest BCUT2D eigenvalue weighted by molar-refractivity contribution is 5.70. The number of nitrogens with zero attached hydrogens (tertiary/aromatic N) is 1. The molecule has 0 aromatic carbocycles. The summed E-state index contributed by atoms with van der Waals surface area (Å²) in [4.78, 5) is 37.1. The highest BCUT2D eigenvalue weighted by Crippen LogP contribution is 2.15. The lowest BCUT2D eigenvalue weighted by Crippen LogP contribution is -2.55. The van der Waals surface area contributed by atoms with Gasteiger partial charge in [0.2, 0.25) is 0 Å². The first-order chi connectivity index (χ1) is 31.1. The maximum Gasteiger partial charge on any atom is 0.306 e. The molecule has 8 nitrogen and oxygen atoms in total. The number of esters is 2. The first-order valence-electron chi connectivity index (χ1n) is 26.0. The molecule has 0 radical (unpaired) electrons. The fourth-order valence-corrected chi connectivity index (χ4v) is 7.35. The number of rotatable bonds is 46. The van der Waals surface area contributed by atoms with Crippen LogP contribution in [0.4, 0.5) is 0 Å². The van der Waals surface area contributed by atoms with E-state index in [1.807, 2.05) is 0 Å². The Kier molecular flexibility index (Phi) is 44.0. The van der Waals surface area contributed by atoms with Crippen molar-refractivity contribution in [3.8, 4) is 0 Å². The van der Waals surface area contributed by atoms with Crippen molar-refractivity contribution >= 4 is 17.9 Å². The Morgan fingerprint density at radius 1 is 0.500 bits per heavy atom. The van der Waals surface area contributed by atoms with E-state index in [9.17, 15) is 19.5 Å². The number of carboxylic acids is 1. The normalized spacial score (nSPS) is 13.5. The van der Waals surface area contributed by atoms with E-state index in [0.717, 1.165) is 77.0 Å². The fraction of sp³-hybridized carbons (Fsp3) is 0.732. The summed E-state index contributed by atoms with van der Waals surface area (Å²) in [5, 5.41) is 11.7. The minimum Gasteiger partial charge on any atom is -0.544 e. The Labute approximate surface area is 393 Å². The summed E-state index contributed by atoms with van der Waals surface area (Å²) in [7, 11) is 5.41. The van der Waals surface area contributed by atoms with Crippen LogP contribution in [0.1, 0.15) is 213 Å². The number of hydrogen-bond donors (Lipinski definition) is 0. The van der Waals surface area contributed by atoms with Crippen molar-refractivity contribution in [2.45, 2.75) is 225 Å². The SMILES string of the molecule is CC/C=C/C/C=C/C/C=C/C/C=C/CCCCCCCCCC(=O)OC(COCCC(C(=O)[O-])[N+](C)(C)C)COC(=O)CCCCCCCCCCCC/C=C/C=C/CCCCCC. The van der Waals surface area contributed by atoms with Crippen LogP contribution < -0.4 is 5.11 Å². The van der Waals surface area contributed by atoms with Gasteiger partial charge < -0.3 is 28.6 Å². The zero-order chi connectivity index (χ0) is 47.0. The Bertz CT molecular complexity index is 1270. The lowest BCUT2D eigenvalue weighted by atomic mass is 10.1. The highest BCUT2D eigenvalue weighted by Gasteiger charge is 2.25. The van der Waals surface area contributed by atoms with Crippen LogP contribution in [0, 0.1) is 0 Å². The van der Waals surface area contributed by atoms with Crippen LogP contribution in [0.15, 0.2) is 72.9 Å². The van der Waals surface area contributed by atoms with Gasteiger partial charge >= 0.3 is 11.9 Å². The summed E-state index contributed by atoms with van der Waals surface area (Å²) >= 11 is 0. The molecule has 0 saturated heterocycles. The molecule has 0 aliphatic rings. The molecule has 0 N–H and O–H groups in total. The molecular formula is C56H97NO7. The predicted molar refractivity (Wildman–Crippen MR) is 268 cm³/mol. The number of carbonyl (C=O) groups is 3. The third-order valence-corrected chi connectivity index (χ3v) is 11.4. The molecule has 2 unspecified atom stereocenters. The summed E-state index contributed by atoms with van der Waals surface area (Å²) in [5.74, 6) is -1.75. The minimum atomic E-state index is -1.13. The minimum absolute atomic E-state index is 0.0325. The molecule has 64 heavy (non-hydrogen) atoms. The summed E-state index contributed by atoms with van der Waals surface area (Å²) in [6.07, 6.45) is 59.2. The van der Waals surface area contributed by atoms with Crippen LogP contribution in [0.3, 0.4) is 0 Å². The van der Waals surface area contributed by atoms with Gasteiger partial charge in [0, 0.05) is 19.3 Å². The summed E-state index contributed by atoms with van der Waals surface area (Å²) in [6.45, 7) is 4.53. The average Bonchev–Trinajstić information content (AvgIpc) is 3.26. The van der Waals surface area contributed by atoms with Crippen molar-refractivity contribution in [1.82, 2.24) is 0 Å². The number of carbonyl (C=O) groups excluding carboxylic acids is 3. The Morgan fingerprint density at radius 2 is 0.922 bits per heavy atom. The number of hydrogen-bond acceptors (Lipinski definition) is 7. The van der Waals surface area contributed by atoms with Gasteiger partial charge in [-0.3, -0.25) is 9.59 Å². The maximum absolute atomic E-state index is 12.8. The van der Waals surface area contributed by atoms with Gasteiger partial charge in [-0.25, -0.2) is 0 Å². The van der Waals surface area contributed by atoms with Gasteiger partial charge in [-0.2, -0.15) is 0 Å². The predicted octanol–water partition coefficient (Wildman–Crippen LogP) is 13.8. The quantitative estimate of drug-likeness (QED) is 0.0197. The van der Waals surface area contributed by atoms with Crippen LogP contribution in [-0.4, -0.2) is 75.5 Å². The second kappa shape index (κ2) is 46.3. The van der Waals surface area contributed by atoms with E-state index in [-0.39, 0.29) is 42.7 Å². The zero-order valence-electron chi connectivity index (χ0n) is 41.9. The number of quaternary nitrogens is 1. The number of allylic oxidation sites excluding steroid dienone is 12. The van der Waals surface area contributed by atoms with Crippen molar-refractivity contribution in [1.29, 1.82) is 0 Å². The number of likely N-dealkylation sites (N-methyl/N-ethyl adjacent to an activating group) is 1. The Morgan fingerprint density at radius 3 is 1.39 bits per heavy atom. The van der Waals surface area contributed by atoms with Crippen LogP contribution in [0.5, 0.6) is 0 Å². The standard InChI is InChI=1S/C56H97NO7/c1-6-8-10-12-14-16-18-20-22-24-26-28-30-32-34-36-38-40-42-44-46-54(58)63-51-52(50-62-49-48-53(56(60)61)57(3,4)5)64-55(59)47-45-43-41-39-37-35-33-31-29-27-25-23-21-19-17-15-13-11-9-7-2/h9,11,15-18,20-23,27,29,52-53H,6-8,10,12-14,19,24-26,28,30-51H2,1-5H3/b11-9+,17-15+,18-16+,22-20+,23-21+,29-27+. The Balaban J connectivity index is 4.27. The Hall–Kier alpha value is -3.23. The number of unbranched alkanes of at least 4 members (excludes halogenated alkanes) is 21. The molecule has 0 rings (SSSR count). The molecule has 0 bridgehead atoms. The summed E-state index contributed by atoms with van der Waals surface area (Å²) in [6, 6.07) is -0.732. The van der Waals surface area contributed by atoms with Gasteiger partial charge in [0.15, 0.2) is 6.10 Å². The molecule has 8 heteroatoms. The molecule has 0 saturated carbocycles. The second-order valence-electron chi connectivity index (χ2n) is 18.4. The number of ether oxygens (including phenoxy) is 3. The van der Waals surface area contributed by atoms with Gasteiger partial charge in [0.1, 0.15) is 12.6 Å². The van der Waals surface area contributed by atoms with Gasteiger partial charge in [0.25, 0.3) is 0 Å². The molecule has 0 aliphatic heterocycles. The van der Waals surface area contributed by atoms with Crippen LogP contribution in [0.25, 0.3) is 0 Å². The van der Waals surface area contributed by atoms with Crippen molar-refractivity contribution in [3.05, 3.63) is 72.9 Å². The molecule has 368 valence electrons. The number of carboxylic acid groups (broad SMARTS) is 1. The van der Waals surface area contributed by atoms with Gasteiger partial charge in [-0.05, 0) is 77.0 Å². The molecule has 0 aromatic rings. The second-order valence-corrected chi connectivity index (χ2v) is 18.4. The lowest BCUT2D eigenvalue weighted by molar-refractivity contribution is -0.889. The van der Waals surface area contributed by atoms with Gasteiger partial charge in [0.05, 0.1) is 40.3 Å². The third-order valence-electron chi connectivity index (χ3n) is 11.4. The largest absolute Gasteiger partial charge is 0.544 e. The molecule has 0 spiro atoms. The van der Waals surface area contributed by atoms with Gasteiger partial charge in [-0.15, -0.1) is 0 Å². The lowest BCUT2D eigenvalue weighted by Gasteiger charge is -2.34. The van der Waals surface area contributed by atoms with Crippen molar-refractivity contribution in [2.75, 3.05) is 41.0 Å². The van der Waals surface area contributed by atoms with E-state index in [2.05, 4.69) is 86.8 Å². The summed E-state index contributed by atoms with van der Waals surface area (Å²) in [5.41, 5.74) is 0. The third kappa shape index (κ3) is 44.0. The molecular weight excluding hydrogens is 799 g/mol. The van der Waals surface area contributed by atoms with Gasteiger partial charge in [-0.1, -0.05) is 189 Å². The maximum atomic E-state index is 12.8. The topological polar surface area (TPSA) is 102 Å². The molecule has 0 aliphatic carbocycles. The van der Waals surface area contributed by atoms with E-state index in [1.54, 1.807) is 21.1 Å². The molecule has 0 aromatic heterocycles. The average molecular weight is 896 g/mol. The van der Waals surface area contributed by atoms with E-state index < -0.39 is 18.1 Å². The van der Waals surface area contributed by atoms with E-state index in [0.29, 0.717) is 12.8 Å². The van der Waals surface area contributed by atoms with Crippen LogP contribution >= 0.6 is 0 Å². The number of aliphatic carboxylic acids is 1. The van der Waals surface area contributed by atoms with E-state index in [4.69, 9.17) is 14.2 Å². The van der Waals surface area contributed by atoms with Crippen molar-refractivity contribution in [2.24, 2.45) is 0 Å². The fourth-order valence-electron chi connectivity index (χ4n) is 7.35. The zero-order valence-corrected chi connectivity index (χ0v) is 41.9. The van der Waals surface area contributed by atoms with E-state index in [1.165, 1.54) is 103 Å². The first-order valence-corrected chi connectivity index (χ1v) is 26.0. The molecule has 2 atom stereocenters. The van der Waals surface area contributed by atoms with Crippen molar-refractivity contribution < 1.29 is 38.2 Å². The van der Waals surface area contributed by atoms with Crippen LogP contribution in [-0.2, 0) is 28.6 Å². The van der Waals surface area contributed by atoms with Crippen molar-refractivity contribution in [3.63, 3.8) is 0 Å².